The second-order valence-electron chi connectivity index (χ2n) is 11.2. The topological polar surface area (TPSA) is 124 Å². The molecule has 5 aromatic carbocycles. The number of rotatable bonds is 6. The maximum atomic E-state index is 13.5. The number of carbonyl (C=O) groups excluding carboxylic acids is 1. The Labute approximate surface area is 250 Å². The monoisotopic (exact) mass is 593 g/mol. The molecule has 8 heteroatoms. The van der Waals surface area contributed by atoms with E-state index >= 15 is 0 Å². The number of anilines is 1. The second-order valence-corrected chi connectivity index (χ2v) is 13.1. The molecule has 0 aliphatic carbocycles. The molecular weight excluding hydrogens is 562 g/mol. The van der Waals surface area contributed by atoms with E-state index in [4.69, 9.17) is 0 Å². The Bertz CT molecular complexity index is 1910. The molecule has 4 N–H and O–H groups in total. The molecule has 7 nitrogen and oxygen atoms in total. The molecule has 0 heterocycles. The van der Waals surface area contributed by atoms with Crippen LogP contribution < -0.4 is 5.32 Å². The van der Waals surface area contributed by atoms with E-state index in [0.717, 1.165) is 11.1 Å². The van der Waals surface area contributed by atoms with Gasteiger partial charge in [-0.1, -0.05) is 93.6 Å². The van der Waals surface area contributed by atoms with Crippen molar-refractivity contribution in [1.29, 1.82) is 0 Å². The maximum absolute atomic E-state index is 13.5. The first-order valence-electron chi connectivity index (χ1n) is 13.6. The molecule has 0 saturated heterocycles. The number of sulfone groups is 1. The van der Waals surface area contributed by atoms with Gasteiger partial charge in [-0.05, 0) is 64.1 Å². The maximum Gasteiger partial charge on any atom is 0.259 e. The molecule has 5 aromatic rings. The fourth-order valence-corrected chi connectivity index (χ4v) is 6.55. The molecule has 1 amide bonds. The zero-order valence-corrected chi connectivity index (χ0v) is 24.7. The predicted molar refractivity (Wildman–Crippen MR) is 167 cm³/mol. The molecule has 5 rings (SSSR count). The highest BCUT2D eigenvalue weighted by molar-refractivity contribution is 7.91. The minimum Gasteiger partial charge on any atom is -0.504 e. The van der Waals surface area contributed by atoms with Crippen LogP contribution in [0.25, 0.3) is 22.3 Å². The van der Waals surface area contributed by atoms with E-state index in [1.807, 2.05) is 63.2 Å². The van der Waals surface area contributed by atoms with Crippen molar-refractivity contribution in [2.45, 2.75) is 36.0 Å². The van der Waals surface area contributed by atoms with Crippen molar-refractivity contribution < 1.29 is 28.5 Å². The quantitative estimate of drug-likeness (QED) is 0.151. The largest absolute Gasteiger partial charge is 0.504 e. The molecule has 43 heavy (non-hydrogen) atoms. The first-order chi connectivity index (χ1) is 20.4. The van der Waals surface area contributed by atoms with Crippen LogP contribution in [0.4, 0.5) is 5.69 Å². The summed E-state index contributed by atoms with van der Waals surface area (Å²) in [5.74, 6) is -2.93. The molecule has 0 bridgehead atoms. The van der Waals surface area contributed by atoms with E-state index in [1.54, 1.807) is 36.4 Å². The average molecular weight is 594 g/mol. The Morgan fingerprint density at radius 2 is 1.21 bits per heavy atom. The van der Waals surface area contributed by atoms with Crippen LogP contribution >= 0.6 is 0 Å². The number of carbonyl (C=O) groups is 1. The lowest BCUT2D eigenvalue weighted by Gasteiger charge is -2.22. The highest BCUT2D eigenvalue weighted by Crippen LogP contribution is 2.45. The summed E-state index contributed by atoms with van der Waals surface area (Å²) in [5.41, 5.74) is 2.92. The Morgan fingerprint density at radius 3 is 1.84 bits per heavy atom. The van der Waals surface area contributed by atoms with E-state index in [1.165, 1.54) is 30.3 Å². The highest BCUT2D eigenvalue weighted by atomic mass is 32.2. The number of nitrogens with one attached hydrogen (secondary N) is 1. The van der Waals surface area contributed by atoms with Gasteiger partial charge < -0.3 is 20.6 Å². The number of hydrogen-bond donors (Lipinski definition) is 4. The summed E-state index contributed by atoms with van der Waals surface area (Å²) in [6.45, 7) is 5.84. The third kappa shape index (κ3) is 5.82. The molecule has 0 aliphatic rings. The van der Waals surface area contributed by atoms with E-state index in [-0.39, 0.29) is 26.6 Å². The molecule has 0 aromatic heterocycles. The van der Waals surface area contributed by atoms with Gasteiger partial charge in [-0.15, -0.1) is 0 Å². The Balaban J connectivity index is 1.41. The lowest BCUT2D eigenvalue weighted by Crippen LogP contribution is -2.17. The van der Waals surface area contributed by atoms with Crippen molar-refractivity contribution in [1.82, 2.24) is 0 Å². The summed E-state index contributed by atoms with van der Waals surface area (Å²) in [6.07, 6.45) is 0. The van der Waals surface area contributed by atoms with Crippen molar-refractivity contribution in [3.63, 3.8) is 0 Å². The molecule has 0 fully saturated rings. The van der Waals surface area contributed by atoms with Gasteiger partial charge in [0.1, 0.15) is 0 Å². The average Bonchev–Trinajstić information content (AvgIpc) is 3.00. The van der Waals surface area contributed by atoms with Crippen molar-refractivity contribution in [3.8, 4) is 39.5 Å². The van der Waals surface area contributed by atoms with Gasteiger partial charge in [0, 0.05) is 11.3 Å². The van der Waals surface area contributed by atoms with Crippen LogP contribution in [0.1, 0.15) is 36.7 Å². The zero-order chi connectivity index (χ0) is 30.9. The van der Waals surface area contributed by atoms with Crippen molar-refractivity contribution in [3.05, 3.63) is 120 Å². The van der Waals surface area contributed by atoms with Crippen LogP contribution in [0.2, 0.25) is 0 Å². The van der Waals surface area contributed by atoms with E-state index in [9.17, 15) is 28.5 Å². The smallest absolute Gasteiger partial charge is 0.259 e. The predicted octanol–water partition coefficient (Wildman–Crippen LogP) is 7.52. The van der Waals surface area contributed by atoms with Crippen LogP contribution in [-0.2, 0) is 15.3 Å². The number of aromatic hydroxyl groups is 3. The molecule has 0 radical (unpaired) electrons. The summed E-state index contributed by atoms with van der Waals surface area (Å²) >= 11 is 0. The Morgan fingerprint density at radius 1 is 0.651 bits per heavy atom. The summed E-state index contributed by atoms with van der Waals surface area (Å²) in [7, 11) is -3.84. The number of benzene rings is 5. The summed E-state index contributed by atoms with van der Waals surface area (Å²) in [4.78, 5) is 13.5. The Hall–Kier alpha value is -5.08. The first kappa shape index (κ1) is 29.4. The SMILES string of the molecule is CC(C)(C)c1ccccc1S(=O)(=O)c1ccc(NC(=O)c2cc(-c3ccc(-c4ccccc4)cc3)c(O)c(O)c2O)cc1. The zero-order valence-electron chi connectivity index (χ0n) is 23.9. The fourth-order valence-electron chi connectivity index (χ4n) is 4.88. The van der Waals surface area contributed by atoms with Gasteiger partial charge in [0.2, 0.25) is 15.6 Å². The minimum absolute atomic E-state index is 0.0635. The third-order valence-electron chi connectivity index (χ3n) is 7.20. The van der Waals surface area contributed by atoms with Crippen molar-refractivity contribution >= 4 is 21.4 Å². The molecule has 0 saturated carbocycles. The standard InChI is InChI=1S/C35H31NO6S/c1-35(2,3)29-11-7-8-12-30(29)43(41,42)26-19-17-25(18-20-26)36-34(40)28-21-27(31(37)33(39)32(28)38)24-15-13-23(14-16-24)22-9-5-4-6-10-22/h4-21,37-39H,1-3H3,(H,36,40). The van der Waals surface area contributed by atoms with Crippen LogP contribution in [0.3, 0.4) is 0 Å². The molecule has 0 atom stereocenters. The lowest BCUT2D eigenvalue weighted by molar-refractivity contribution is 0.102. The highest BCUT2D eigenvalue weighted by Gasteiger charge is 2.27. The minimum atomic E-state index is -3.84. The van der Waals surface area contributed by atoms with Gasteiger partial charge in [0.05, 0.1) is 15.4 Å². The first-order valence-corrected chi connectivity index (χ1v) is 15.1. The van der Waals surface area contributed by atoms with Gasteiger partial charge in [-0.2, -0.15) is 0 Å². The van der Waals surface area contributed by atoms with Gasteiger partial charge in [-0.3, -0.25) is 4.79 Å². The summed E-state index contributed by atoms with van der Waals surface area (Å²) in [6, 6.07) is 30.8. The van der Waals surface area contributed by atoms with Gasteiger partial charge in [0.25, 0.3) is 5.91 Å². The third-order valence-corrected chi connectivity index (χ3v) is 9.03. The number of phenolic OH excluding ortho intramolecular Hbond substituents is 3. The van der Waals surface area contributed by atoms with Gasteiger partial charge in [0.15, 0.2) is 11.5 Å². The van der Waals surface area contributed by atoms with Crippen LogP contribution in [0.15, 0.2) is 119 Å². The van der Waals surface area contributed by atoms with E-state index < -0.39 is 38.4 Å². The lowest BCUT2D eigenvalue weighted by atomic mass is 9.87. The van der Waals surface area contributed by atoms with Gasteiger partial charge in [-0.25, -0.2) is 8.42 Å². The number of amides is 1. The summed E-state index contributed by atoms with van der Waals surface area (Å²) in [5, 5.41) is 34.2. The van der Waals surface area contributed by atoms with Crippen LogP contribution in [0.5, 0.6) is 17.2 Å². The molecule has 0 spiro atoms. The normalized spacial score (nSPS) is 11.7. The molecule has 0 unspecified atom stereocenters. The second kappa shape index (κ2) is 11.3. The number of phenols is 3. The van der Waals surface area contributed by atoms with E-state index in [0.29, 0.717) is 11.1 Å². The molecule has 0 aliphatic heterocycles. The summed E-state index contributed by atoms with van der Waals surface area (Å²) < 4.78 is 26.9. The molecule has 218 valence electrons. The van der Waals surface area contributed by atoms with E-state index in [2.05, 4.69) is 5.32 Å². The van der Waals surface area contributed by atoms with Crippen LogP contribution in [-0.4, -0.2) is 29.6 Å². The number of hydrogen-bond acceptors (Lipinski definition) is 6. The Kier molecular flexibility index (Phi) is 7.73. The van der Waals surface area contributed by atoms with Crippen LogP contribution in [0, 0.1) is 0 Å². The van der Waals surface area contributed by atoms with Gasteiger partial charge >= 0.3 is 0 Å². The van der Waals surface area contributed by atoms with Crippen molar-refractivity contribution in [2.24, 2.45) is 0 Å². The van der Waals surface area contributed by atoms with Crippen molar-refractivity contribution in [2.75, 3.05) is 5.32 Å². The molecular formula is C35H31NO6S. The fraction of sp³-hybridized carbons (Fsp3) is 0.114.